The van der Waals surface area contributed by atoms with E-state index in [2.05, 4.69) is 68.5 Å². The fourth-order valence-corrected chi connectivity index (χ4v) is 5.67. The summed E-state index contributed by atoms with van der Waals surface area (Å²) in [6.07, 6.45) is 48.8. The summed E-state index contributed by atoms with van der Waals surface area (Å²) in [6, 6.07) is 0. The zero-order chi connectivity index (χ0) is 43.7. The number of allylic oxidation sites excluding steroid dienone is 16. The summed E-state index contributed by atoms with van der Waals surface area (Å²) in [5.41, 5.74) is 0. The number of phosphoric acid groups is 1. The Kier molecular flexibility index (Phi) is 36.6. The van der Waals surface area contributed by atoms with E-state index >= 15 is 0 Å². The van der Waals surface area contributed by atoms with Crippen LogP contribution in [0.1, 0.15) is 123 Å². The molecule has 0 bridgehead atoms. The van der Waals surface area contributed by atoms with E-state index in [1.54, 1.807) is 6.08 Å². The third-order valence-electron chi connectivity index (χ3n) is 8.37. The molecule has 0 fully saturated rings. The second kappa shape index (κ2) is 38.8. The van der Waals surface area contributed by atoms with Crippen molar-refractivity contribution >= 4 is 19.8 Å². The van der Waals surface area contributed by atoms with Crippen molar-refractivity contribution < 1.29 is 47.2 Å². The maximum Gasteiger partial charge on any atom is 0.306 e. The zero-order valence-electron chi connectivity index (χ0n) is 37.0. The molecule has 0 aromatic heterocycles. The quantitative estimate of drug-likeness (QED) is 0.0162. The number of carbonyl (C=O) groups excluding carboxylic acids is 2. The van der Waals surface area contributed by atoms with E-state index in [4.69, 9.17) is 18.5 Å². The number of unbranched alkanes of at least 4 members (excludes halogenated alkanes) is 5. The van der Waals surface area contributed by atoms with Crippen molar-refractivity contribution in [3.05, 3.63) is 109 Å². The van der Waals surface area contributed by atoms with Crippen LogP contribution >= 0.6 is 7.82 Å². The van der Waals surface area contributed by atoms with Crippen molar-refractivity contribution in [3.8, 4) is 0 Å². The standard InChI is InChI=1S/C48H78NO9P/c1-6-8-10-12-14-15-16-17-18-19-20-24-27-31-35-39-47(51)55-43-46(44-57-59(53,54)56-42-41-49(3,4)5)58-48(52)40-36-32-28-25-22-21-23-26-30-34-38-45(50)37-33-29-13-11-9-7-2/h9,11,14-15,17-18,20-22,24,26,28-30,32-34,38,45-46,50H,6-8,10,12-13,16,19,23,25,27,31,35-37,39-44H2,1-5H3/b11-9-,15-14-,18-17-,22-21-,24-20-,30-26-,32-28-,33-29-,38-34+/t45?,46-/m1/s1. The predicted octanol–water partition coefficient (Wildman–Crippen LogP) is 10.7. The summed E-state index contributed by atoms with van der Waals surface area (Å²) in [4.78, 5) is 37.5. The molecule has 59 heavy (non-hydrogen) atoms. The van der Waals surface area contributed by atoms with Gasteiger partial charge < -0.3 is 33.0 Å². The topological polar surface area (TPSA) is 131 Å². The van der Waals surface area contributed by atoms with Crippen LogP contribution in [0.2, 0.25) is 0 Å². The van der Waals surface area contributed by atoms with E-state index in [9.17, 15) is 24.2 Å². The predicted molar refractivity (Wildman–Crippen MR) is 241 cm³/mol. The van der Waals surface area contributed by atoms with Gasteiger partial charge in [-0.15, -0.1) is 0 Å². The number of aliphatic hydroxyl groups is 1. The number of hydrogen-bond donors (Lipinski definition) is 1. The lowest BCUT2D eigenvalue weighted by atomic mass is 10.1. The molecular formula is C48H78NO9P. The summed E-state index contributed by atoms with van der Waals surface area (Å²) in [5, 5.41) is 10.0. The third kappa shape index (κ3) is 42.6. The van der Waals surface area contributed by atoms with Crippen LogP contribution in [0.25, 0.3) is 0 Å². The number of ether oxygens (including phenoxy) is 2. The highest BCUT2D eigenvalue weighted by Crippen LogP contribution is 2.38. The second-order valence-electron chi connectivity index (χ2n) is 15.2. The van der Waals surface area contributed by atoms with Gasteiger partial charge in [-0.25, -0.2) is 0 Å². The minimum absolute atomic E-state index is 0.0613. The van der Waals surface area contributed by atoms with Gasteiger partial charge in [0, 0.05) is 12.8 Å². The number of nitrogens with zero attached hydrogens (tertiary/aromatic N) is 1. The normalized spacial score (nSPS) is 15.2. The van der Waals surface area contributed by atoms with Crippen LogP contribution < -0.4 is 4.89 Å². The molecule has 334 valence electrons. The summed E-state index contributed by atoms with van der Waals surface area (Å²) in [7, 11) is 1.04. The van der Waals surface area contributed by atoms with E-state index in [1.165, 1.54) is 19.3 Å². The molecule has 11 heteroatoms. The van der Waals surface area contributed by atoms with Gasteiger partial charge in [0.2, 0.25) is 0 Å². The first-order valence-corrected chi connectivity index (χ1v) is 23.2. The molecule has 0 aliphatic heterocycles. The molecule has 0 saturated heterocycles. The van der Waals surface area contributed by atoms with E-state index in [-0.39, 0.29) is 26.1 Å². The lowest BCUT2D eigenvalue weighted by molar-refractivity contribution is -0.870. The molecule has 0 rings (SSSR count). The molecule has 0 spiro atoms. The lowest BCUT2D eigenvalue weighted by Gasteiger charge is -2.28. The van der Waals surface area contributed by atoms with E-state index in [0.717, 1.165) is 51.4 Å². The lowest BCUT2D eigenvalue weighted by Crippen LogP contribution is -2.37. The Labute approximate surface area is 358 Å². The van der Waals surface area contributed by atoms with Gasteiger partial charge in [-0.05, 0) is 83.5 Å². The maximum absolute atomic E-state index is 12.6. The first kappa shape index (κ1) is 55.6. The molecule has 0 aromatic carbocycles. The Morgan fingerprint density at radius 2 is 1.20 bits per heavy atom. The van der Waals surface area contributed by atoms with Gasteiger partial charge in [-0.3, -0.25) is 14.2 Å². The molecule has 10 nitrogen and oxygen atoms in total. The SMILES string of the molecule is CC/C=C\C/C=C\CC(O)/C=C/C=C\C/C=C\C/C=C\CCC(=O)O[C@H](COC(=O)CCCC/C=C\C/C=C\C/C=C\CCCCC)COP(=O)([O-])OCC[N+](C)(C)C. The van der Waals surface area contributed by atoms with Crippen LogP contribution in [-0.2, 0) is 32.7 Å². The average molecular weight is 844 g/mol. The van der Waals surface area contributed by atoms with Crippen molar-refractivity contribution in [1.29, 1.82) is 0 Å². The fraction of sp³-hybridized carbons (Fsp3) is 0.583. The van der Waals surface area contributed by atoms with Gasteiger partial charge in [0.25, 0.3) is 7.82 Å². The van der Waals surface area contributed by atoms with Gasteiger partial charge in [0.05, 0.1) is 33.9 Å². The monoisotopic (exact) mass is 844 g/mol. The van der Waals surface area contributed by atoms with Gasteiger partial charge in [0.1, 0.15) is 19.8 Å². The van der Waals surface area contributed by atoms with E-state index in [0.29, 0.717) is 36.7 Å². The molecule has 0 aromatic rings. The molecule has 0 aliphatic carbocycles. The van der Waals surface area contributed by atoms with Gasteiger partial charge in [-0.1, -0.05) is 136 Å². The minimum Gasteiger partial charge on any atom is -0.756 e. The highest BCUT2D eigenvalue weighted by atomic mass is 31.2. The van der Waals surface area contributed by atoms with Gasteiger partial charge in [-0.2, -0.15) is 0 Å². The number of likely N-dealkylation sites (N-methyl/N-ethyl adjacent to an activating group) is 1. The van der Waals surface area contributed by atoms with E-state index in [1.807, 2.05) is 69.8 Å². The summed E-state index contributed by atoms with van der Waals surface area (Å²) in [5.74, 6) is -1.02. The van der Waals surface area contributed by atoms with Crippen molar-refractivity contribution in [2.24, 2.45) is 0 Å². The maximum atomic E-state index is 12.6. The van der Waals surface area contributed by atoms with Gasteiger partial charge >= 0.3 is 11.9 Å². The largest absolute Gasteiger partial charge is 0.756 e. The molecular weight excluding hydrogens is 766 g/mol. The number of carbonyl (C=O) groups is 2. The van der Waals surface area contributed by atoms with Crippen LogP contribution in [0.5, 0.6) is 0 Å². The highest BCUT2D eigenvalue weighted by molar-refractivity contribution is 7.45. The number of hydrogen-bond acceptors (Lipinski definition) is 9. The molecule has 3 atom stereocenters. The Morgan fingerprint density at radius 3 is 1.81 bits per heavy atom. The Balaban J connectivity index is 4.65. The molecule has 0 radical (unpaired) electrons. The smallest absolute Gasteiger partial charge is 0.306 e. The summed E-state index contributed by atoms with van der Waals surface area (Å²) in [6.45, 7) is 3.83. The number of phosphoric ester groups is 1. The summed E-state index contributed by atoms with van der Waals surface area (Å²) < 4.78 is 33.7. The van der Waals surface area contributed by atoms with Crippen molar-refractivity contribution in [2.75, 3.05) is 47.5 Å². The van der Waals surface area contributed by atoms with Crippen LogP contribution in [0.4, 0.5) is 0 Å². The zero-order valence-corrected chi connectivity index (χ0v) is 37.9. The van der Waals surface area contributed by atoms with Crippen molar-refractivity contribution in [2.45, 2.75) is 135 Å². The first-order chi connectivity index (χ1) is 28.4. The number of esters is 2. The highest BCUT2D eigenvalue weighted by Gasteiger charge is 2.21. The molecule has 0 aliphatic rings. The molecule has 2 unspecified atom stereocenters. The fourth-order valence-electron chi connectivity index (χ4n) is 4.94. The molecule has 1 N–H and O–H groups in total. The Bertz CT molecular complexity index is 1380. The van der Waals surface area contributed by atoms with E-state index < -0.39 is 38.6 Å². The number of quaternary nitrogens is 1. The van der Waals surface area contributed by atoms with Crippen LogP contribution in [0.3, 0.4) is 0 Å². The molecule has 0 saturated carbocycles. The summed E-state index contributed by atoms with van der Waals surface area (Å²) >= 11 is 0. The Hall–Kier alpha value is -3.37. The Morgan fingerprint density at radius 1 is 0.644 bits per heavy atom. The third-order valence-corrected chi connectivity index (χ3v) is 9.33. The molecule has 0 heterocycles. The molecule has 0 amide bonds. The first-order valence-electron chi connectivity index (χ1n) is 21.7. The second-order valence-corrected chi connectivity index (χ2v) is 16.6. The van der Waals surface area contributed by atoms with Gasteiger partial charge in [0.15, 0.2) is 6.10 Å². The van der Waals surface area contributed by atoms with Crippen molar-refractivity contribution in [3.63, 3.8) is 0 Å². The number of rotatable bonds is 37. The minimum atomic E-state index is -4.67. The number of aliphatic hydroxyl groups excluding tert-OH is 1. The average Bonchev–Trinajstić information content (AvgIpc) is 3.18. The van der Waals surface area contributed by atoms with Crippen molar-refractivity contribution in [1.82, 2.24) is 0 Å². The van der Waals surface area contributed by atoms with Crippen LogP contribution in [-0.4, -0.2) is 81.2 Å². The van der Waals surface area contributed by atoms with Crippen LogP contribution in [0, 0.1) is 0 Å². The van der Waals surface area contributed by atoms with Crippen LogP contribution in [0.15, 0.2) is 109 Å².